The molecular weight excluding hydrogens is 329 g/mol. The van der Waals surface area contributed by atoms with Crippen LogP contribution in [0.1, 0.15) is 0 Å². The van der Waals surface area contributed by atoms with Crippen LogP contribution < -0.4 is 5.32 Å². The Morgan fingerprint density at radius 1 is 1.13 bits per heavy atom. The number of pyridine rings is 1. The van der Waals surface area contributed by atoms with Crippen LogP contribution in [0.25, 0.3) is 5.65 Å². The Labute approximate surface area is 132 Å². The van der Waals surface area contributed by atoms with Crippen LogP contribution in [0.15, 0.2) is 41.7 Å². The SMILES string of the molecule is O=C(CSc1nnc2ccccn12)Nc1ccc(F)c(F)c1F. The summed E-state index contributed by atoms with van der Waals surface area (Å²) >= 11 is 1.08. The van der Waals surface area contributed by atoms with Crippen molar-refractivity contribution < 1.29 is 18.0 Å². The second-order valence-corrected chi connectivity index (χ2v) is 5.41. The van der Waals surface area contributed by atoms with E-state index in [0.29, 0.717) is 10.8 Å². The molecule has 2 heterocycles. The van der Waals surface area contributed by atoms with Gasteiger partial charge in [0.25, 0.3) is 0 Å². The molecule has 0 saturated carbocycles. The van der Waals surface area contributed by atoms with Gasteiger partial charge in [0.15, 0.2) is 28.3 Å². The van der Waals surface area contributed by atoms with Gasteiger partial charge in [-0.3, -0.25) is 9.20 Å². The van der Waals surface area contributed by atoms with E-state index in [1.165, 1.54) is 0 Å². The maximum absolute atomic E-state index is 13.5. The number of thioether (sulfide) groups is 1. The van der Waals surface area contributed by atoms with Gasteiger partial charge in [0, 0.05) is 6.20 Å². The average Bonchev–Trinajstić information content (AvgIpc) is 2.97. The minimum Gasteiger partial charge on any atom is -0.323 e. The normalized spacial score (nSPS) is 10.9. The molecule has 2 aromatic heterocycles. The maximum Gasteiger partial charge on any atom is 0.234 e. The van der Waals surface area contributed by atoms with Gasteiger partial charge in [-0.25, -0.2) is 13.2 Å². The summed E-state index contributed by atoms with van der Waals surface area (Å²) in [6, 6.07) is 7.05. The van der Waals surface area contributed by atoms with Crippen LogP contribution in [0.3, 0.4) is 0 Å². The largest absolute Gasteiger partial charge is 0.323 e. The van der Waals surface area contributed by atoms with Crippen molar-refractivity contribution in [1.82, 2.24) is 14.6 Å². The molecule has 5 nitrogen and oxygen atoms in total. The number of hydrogen-bond acceptors (Lipinski definition) is 4. The van der Waals surface area contributed by atoms with E-state index in [2.05, 4.69) is 15.5 Å². The number of nitrogens with one attached hydrogen (secondary N) is 1. The Morgan fingerprint density at radius 2 is 1.96 bits per heavy atom. The van der Waals surface area contributed by atoms with Crippen LogP contribution in [-0.4, -0.2) is 26.3 Å². The molecular formula is C14H9F3N4OS. The van der Waals surface area contributed by atoms with Gasteiger partial charge < -0.3 is 5.32 Å². The van der Waals surface area contributed by atoms with E-state index in [1.54, 1.807) is 28.8 Å². The fourth-order valence-electron chi connectivity index (χ4n) is 1.86. The lowest BCUT2D eigenvalue weighted by Crippen LogP contribution is -2.16. The Bertz CT molecular complexity index is 884. The highest BCUT2D eigenvalue weighted by Crippen LogP contribution is 2.21. The second kappa shape index (κ2) is 6.29. The first kappa shape index (κ1) is 15.3. The van der Waals surface area contributed by atoms with E-state index in [1.807, 2.05) is 0 Å². The summed E-state index contributed by atoms with van der Waals surface area (Å²) in [5.74, 6) is -5.04. The zero-order valence-electron chi connectivity index (χ0n) is 11.5. The zero-order chi connectivity index (χ0) is 16.4. The summed E-state index contributed by atoms with van der Waals surface area (Å²) in [5.41, 5.74) is 0.211. The van der Waals surface area contributed by atoms with Gasteiger partial charge in [-0.2, -0.15) is 0 Å². The first-order valence-electron chi connectivity index (χ1n) is 6.42. The number of aromatic nitrogens is 3. The molecule has 0 aliphatic heterocycles. The monoisotopic (exact) mass is 338 g/mol. The Kier molecular flexibility index (Phi) is 4.20. The number of carbonyl (C=O) groups is 1. The molecule has 118 valence electrons. The van der Waals surface area contributed by atoms with Gasteiger partial charge in [0.2, 0.25) is 5.91 Å². The quantitative estimate of drug-likeness (QED) is 0.587. The lowest BCUT2D eigenvalue weighted by atomic mass is 10.3. The van der Waals surface area contributed by atoms with Crippen molar-refractivity contribution in [2.24, 2.45) is 0 Å². The average molecular weight is 338 g/mol. The summed E-state index contributed by atoms with van der Waals surface area (Å²) in [6.07, 6.45) is 1.74. The van der Waals surface area contributed by atoms with Crippen LogP contribution in [-0.2, 0) is 4.79 Å². The fourth-order valence-corrected chi connectivity index (χ4v) is 2.58. The third kappa shape index (κ3) is 3.14. The van der Waals surface area contributed by atoms with E-state index in [-0.39, 0.29) is 5.75 Å². The van der Waals surface area contributed by atoms with Gasteiger partial charge >= 0.3 is 0 Å². The van der Waals surface area contributed by atoms with Gasteiger partial charge in [-0.15, -0.1) is 10.2 Å². The van der Waals surface area contributed by atoms with E-state index < -0.39 is 29.0 Å². The number of rotatable bonds is 4. The van der Waals surface area contributed by atoms with Crippen molar-refractivity contribution in [3.8, 4) is 0 Å². The van der Waals surface area contributed by atoms with Crippen molar-refractivity contribution in [1.29, 1.82) is 0 Å². The lowest BCUT2D eigenvalue weighted by Gasteiger charge is -2.06. The highest BCUT2D eigenvalue weighted by atomic mass is 32.2. The number of hydrogen-bond donors (Lipinski definition) is 1. The molecule has 1 aromatic carbocycles. The van der Waals surface area contributed by atoms with Gasteiger partial charge in [0.1, 0.15) is 0 Å². The topological polar surface area (TPSA) is 59.3 Å². The minimum atomic E-state index is -1.63. The molecule has 3 aromatic rings. The minimum absolute atomic E-state index is 0.0892. The van der Waals surface area contributed by atoms with Crippen molar-refractivity contribution in [3.05, 3.63) is 54.0 Å². The molecule has 0 unspecified atom stereocenters. The Morgan fingerprint density at radius 3 is 2.78 bits per heavy atom. The molecule has 3 rings (SSSR count). The van der Waals surface area contributed by atoms with E-state index in [0.717, 1.165) is 23.9 Å². The molecule has 0 aliphatic rings. The standard InChI is InChI=1S/C14H9F3N4OS/c15-8-4-5-9(13(17)12(8)16)18-11(22)7-23-14-20-19-10-3-1-2-6-21(10)14/h1-6H,7H2,(H,18,22). The van der Waals surface area contributed by atoms with E-state index in [9.17, 15) is 18.0 Å². The van der Waals surface area contributed by atoms with E-state index in [4.69, 9.17) is 0 Å². The fraction of sp³-hybridized carbons (Fsp3) is 0.0714. The Balaban J connectivity index is 1.67. The van der Waals surface area contributed by atoms with Crippen LogP contribution in [0.4, 0.5) is 18.9 Å². The smallest absolute Gasteiger partial charge is 0.234 e. The van der Waals surface area contributed by atoms with Crippen LogP contribution in [0.5, 0.6) is 0 Å². The molecule has 0 atom stereocenters. The second-order valence-electron chi connectivity index (χ2n) is 4.47. The number of anilines is 1. The van der Waals surface area contributed by atoms with Gasteiger partial charge in [-0.1, -0.05) is 17.8 Å². The highest BCUT2D eigenvalue weighted by Gasteiger charge is 2.16. The number of carbonyl (C=O) groups excluding carboxylic acids is 1. The molecule has 0 aliphatic carbocycles. The summed E-state index contributed by atoms with van der Waals surface area (Å²) in [7, 11) is 0. The molecule has 0 spiro atoms. The highest BCUT2D eigenvalue weighted by molar-refractivity contribution is 7.99. The summed E-state index contributed by atoms with van der Waals surface area (Å²) in [5, 5.41) is 10.5. The number of halogens is 3. The predicted molar refractivity (Wildman–Crippen MR) is 78.7 cm³/mol. The third-order valence-corrected chi connectivity index (χ3v) is 3.87. The molecule has 0 radical (unpaired) electrons. The first-order chi connectivity index (χ1) is 11.1. The Hall–Kier alpha value is -2.55. The molecule has 0 fully saturated rings. The molecule has 23 heavy (non-hydrogen) atoms. The lowest BCUT2D eigenvalue weighted by molar-refractivity contribution is -0.113. The van der Waals surface area contributed by atoms with Crippen LogP contribution >= 0.6 is 11.8 Å². The number of fused-ring (bicyclic) bond motifs is 1. The van der Waals surface area contributed by atoms with E-state index >= 15 is 0 Å². The molecule has 1 amide bonds. The van der Waals surface area contributed by atoms with Crippen molar-refractivity contribution in [3.63, 3.8) is 0 Å². The maximum atomic E-state index is 13.5. The summed E-state index contributed by atoms with van der Waals surface area (Å²) in [6.45, 7) is 0. The van der Waals surface area contributed by atoms with Gasteiger partial charge in [0.05, 0.1) is 11.4 Å². The van der Waals surface area contributed by atoms with Crippen LogP contribution in [0.2, 0.25) is 0 Å². The molecule has 9 heteroatoms. The number of benzene rings is 1. The predicted octanol–water partition coefficient (Wildman–Crippen LogP) is 2.88. The van der Waals surface area contributed by atoms with Gasteiger partial charge in [-0.05, 0) is 24.3 Å². The van der Waals surface area contributed by atoms with Crippen molar-refractivity contribution in [2.45, 2.75) is 5.16 Å². The number of amides is 1. The summed E-state index contributed by atoms with van der Waals surface area (Å²) < 4.78 is 41.1. The zero-order valence-corrected chi connectivity index (χ0v) is 12.3. The molecule has 1 N–H and O–H groups in total. The van der Waals surface area contributed by atoms with Crippen molar-refractivity contribution in [2.75, 3.05) is 11.1 Å². The van der Waals surface area contributed by atoms with Crippen molar-refractivity contribution >= 4 is 29.0 Å². The summed E-state index contributed by atoms with van der Waals surface area (Å²) in [4.78, 5) is 11.8. The third-order valence-electron chi connectivity index (χ3n) is 2.92. The number of nitrogens with zero attached hydrogens (tertiary/aromatic N) is 3. The van der Waals surface area contributed by atoms with Crippen LogP contribution in [0, 0.1) is 17.5 Å². The molecule has 0 saturated heterocycles. The first-order valence-corrected chi connectivity index (χ1v) is 7.41. The molecule has 0 bridgehead atoms.